The molecule has 3 heterocycles. The molecule has 2 fully saturated rings. The number of hydrogen-bond acceptors (Lipinski definition) is 7. The zero-order chi connectivity index (χ0) is 28.7. The second kappa shape index (κ2) is 10.7. The molecule has 0 radical (unpaired) electrons. The maximum Gasteiger partial charge on any atom is 0.251 e. The fourth-order valence-corrected chi connectivity index (χ4v) is 6.68. The molecule has 0 unspecified atom stereocenters. The van der Waals surface area contributed by atoms with Crippen molar-refractivity contribution in [2.24, 2.45) is 5.73 Å². The second-order valence-corrected chi connectivity index (χ2v) is 11.6. The number of carbonyl (C=O) groups is 3. The number of amidine groups is 1. The van der Waals surface area contributed by atoms with Crippen LogP contribution < -0.4 is 16.4 Å². The highest BCUT2D eigenvalue weighted by Crippen LogP contribution is 2.37. The van der Waals surface area contributed by atoms with E-state index in [2.05, 4.69) is 22.8 Å². The summed E-state index contributed by atoms with van der Waals surface area (Å²) in [6.45, 7) is 2.43. The van der Waals surface area contributed by atoms with E-state index in [1.54, 1.807) is 17.5 Å². The molecule has 41 heavy (non-hydrogen) atoms. The minimum absolute atomic E-state index is 0.0391. The summed E-state index contributed by atoms with van der Waals surface area (Å²) in [7, 11) is 0. The van der Waals surface area contributed by atoms with Crippen LogP contribution in [0.25, 0.3) is 11.1 Å². The zero-order valence-corrected chi connectivity index (χ0v) is 23.4. The Bertz CT molecular complexity index is 1550. The van der Waals surface area contributed by atoms with E-state index < -0.39 is 17.7 Å². The van der Waals surface area contributed by atoms with Crippen molar-refractivity contribution in [2.45, 2.75) is 37.6 Å². The van der Waals surface area contributed by atoms with Crippen molar-refractivity contribution in [3.8, 4) is 11.1 Å². The minimum atomic E-state index is -1.04. The highest BCUT2D eigenvalue weighted by molar-refractivity contribution is 7.10. The van der Waals surface area contributed by atoms with Crippen LogP contribution in [-0.4, -0.2) is 66.6 Å². The van der Waals surface area contributed by atoms with Crippen LogP contribution in [0.4, 0.5) is 0 Å². The fourth-order valence-electron chi connectivity index (χ4n) is 5.77. The summed E-state index contributed by atoms with van der Waals surface area (Å²) in [5.74, 6) is -2.18. The van der Waals surface area contributed by atoms with Crippen molar-refractivity contribution < 1.29 is 23.9 Å². The molecule has 0 bridgehead atoms. The first-order chi connectivity index (χ1) is 19.7. The smallest absolute Gasteiger partial charge is 0.251 e. The number of benzene rings is 2. The number of nitrogen functional groups attached to an aromatic ring is 1. The molecule has 10 nitrogen and oxygen atoms in total. The summed E-state index contributed by atoms with van der Waals surface area (Å²) in [5, 5.41) is 15.1. The van der Waals surface area contributed by atoms with Crippen LogP contribution in [0.1, 0.15) is 51.3 Å². The molecule has 1 aromatic heterocycles. The summed E-state index contributed by atoms with van der Waals surface area (Å²) in [4.78, 5) is 42.2. The van der Waals surface area contributed by atoms with Crippen LogP contribution in [0.5, 0.6) is 0 Å². The van der Waals surface area contributed by atoms with E-state index in [9.17, 15) is 14.4 Å². The Morgan fingerprint density at radius 3 is 2.61 bits per heavy atom. The van der Waals surface area contributed by atoms with Crippen molar-refractivity contribution in [1.82, 2.24) is 15.5 Å². The molecule has 3 amide bonds. The fraction of sp³-hybridized carbons (Fsp3) is 0.333. The van der Waals surface area contributed by atoms with Crippen LogP contribution in [0.3, 0.4) is 0 Å². The summed E-state index contributed by atoms with van der Waals surface area (Å²) in [6, 6.07) is 14.3. The average molecular weight is 574 g/mol. The lowest BCUT2D eigenvalue weighted by Gasteiger charge is -2.25. The second-order valence-electron chi connectivity index (χ2n) is 10.6. The number of ether oxygens (including phenoxy) is 2. The van der Waals surface area contributed by atoms with Crippen molar-refractivity contribution >= 4 is 34.9 Å². The van der Waals surface area contributed by atoms with Crippen LogP contribution in [0.15, 0.2) is 53.9 Å². The van der Waals surface area contributed by atoms with Crippen LogP contribution in [-0.2, 0) is 25.5 Å². The molecule has 1 spiro atoms. The summed E-state index contributed by atoms with van der Waals surface area (Å²) >= 11 is 1.40. The van der Waals surface area contributed by atoms with E-state index in [0.717, 1.165) is 22.4 Å². The lowest BCUT2D eigenvalue weighted by Crippen LogP contribution is -2.49. The van der Waals surface area contributed by atoms with Crippen molar-refractivity contribution in [1.29, 1.82) is 5.41 Å². The summed E-state index contributed by atoms with van der Waals surface area (Å²) in [5.41, 5.74) is 11.2. The van der Waals surface area contributed by atoms with Crippen molar-refractivity contribution in [3.63, 3.8) is 0 Å². The van der Waals surface area contributed by atoms with E-state index >= 15 is 0 Å². The lowest BCUT2D eigenvalue weighted by atomic mass is 10.0. The third-order valence-electron chi connectivity index (χ3n) is 7.91. The van der Waals surface area contributed by atoms with Crippen LogP contribution >= 0.6 is 11.3 Å². The number of nitrogens with one attached hydrogen (secondary N) is 3. The maximum atomic E-state index is 13.4. The zero-order valence-electron chi connectivity index (χ0n) is 22.6. The molecule has 1 aliphatic carbocycles. The molecule has 3 aromatic rings. The first kappa shape index (κ1) is 27.1. The van der Waals surface area contributed by atoms with Gasteiger partial charge in [0, 0.05) is 27.8 Å². The van der Waals surface area contributed by atoms with Gasteiger partial charge in [-0.15, -0.1) is 11.3 Å². The predicted octanol–water partition coefficient (Wildman–Crippen LogP) is 2.55. The Kier molecular flexibility index (Phi) is 7.10. The molecular formula is C30H31N5O5S. The van der Waals surface area contributed by atoms with E-state index in [1.165, 1.54) is 27.4 Å². The predicted molar refractivity (Wildman–Crippen MR) is 154 cm³/mol. The molecule has 5 N–H and O–H groups in total. The monoisotopic (exact) mass is 573 g/mol. The molecule has 11 heteroatoms. The topological polar surface area (TPSA) is 147 Å². The van der Waals surface area contributed by atoms with Gasteiger partial charge in [0.05, 0.1) is 32.3 Å². The van der Waals surface area contributed by atoms with Crippen molar-refractivity contribution in [2.75, 3.05) is 26.3 Å². The van der Waals surface area contributed by atoms with Crippen LogP contribution in [0.2, 0.25) is 0 Å². The maximum absolute atomic E-state index is 13.4. The molecule has 2 atom stereocenters. The van der Waals surface area contributed by atoms with Gasteiger partial charge in [-0.25, -0.2) is 0 Å². The molecule has 6 rings (SSSR count). The van der Waals surface area contributed by atoms with Gasteiger partial charge < -0.3 is 30.7 Å². The van der Waals surface area contributed by atoms with E-state index in [0.29, 0.717) is 24.3 Å². The number of carbonyl (C=O) groups excluding carboxylic acids is 3. The third-order valence-corrected chi connectivity index (χ3v) is 9.02. The van der Waals surface area contributed by atoms with Crippen molar-refractivity contribution in [3.05, 3.63) is 81.0 Å². The Morgan fingerprint density at radius 2 is 1.85 bits per heavy atom. The molecule has 212 valence electrons. The van der Waals surface area contributed by atoms with Gasteiger partial charge in [-0.05, 0) is 53.8 Å². The van der Waals surface area contributed by atoms with Gasteiger partial charge >= 0.3 is 0 Å². The normalized spacial score (nSPS) is 19.0. The lowest BCUT2D eigenvalue weighted by molar-refractivity contribution is -0.152. The first-order valence-electron chi connectivity index (χ1n) is 13.5. The number of hydrogen-bond donors (Lipinski definition) is 4. The number of nitrogens with two attached hydrogens (primary N) is 1. The molecule has 2 saturated heterocycles. The van der Waals surface area contributed by atoms with Gasteiger partial charge in [0.1, 0.15) is 11.9 Å². The third kappa shape index (κ3) is 5.23. The van der Waals surface area contributed by atoms with Crippen LogP contribution in [0, 0.1) is 5.41 Å². The Balaban J connectivity index is 1.13. The highest BCUT2D eigenvalue weighted by Gasteiger charge is 2.52. The van der Waals surface area contributed by atoms with Gasteiger partial charge in [-0.2, -0.15) is 0 Å². The number of thiophene rings is 1. The molecule has 2 aliphatic heterocycles. The van der Waals surface area contributed by atoms with Gasteiger partial charge in [0.2, 0.25) is 11.8 Å². The Hall–Kier alpha value is -4.06. The molecular weight excluding hydrogens is 542 g/mol. The van der Waals surface area contributed by atoms with Gasteiger partial charge in [-0.3, -0.25) is 19.8 Å². The van der Waals surface area contributed by atoms with Gasteiger partial charge in [0.25, 0.3) is 5.91 Å². The Labute approximate surface area is 241 Å². The molecule has 0 saturated carbocycles. The number of fused-ring (bicyclic) bond motifs is 3. The van der Waals surface area contributed by atoms with E-state index in [-0.39, 0.29) is 43.2 Å². The quantitative estimate of drug-likeness (QED) is 0.197. The Morgan fingerprint density at radius 1 is 1.10 bits per heavy atom. The number of amides is 3. The van der Waals surface area contributed by atoms with E-state index in [4.69, 9.17) is 20.6 Å². The minimum Gasteiger partial charge on any atom is -0.384 e. The number of rotatable bonds is 7. The molecule has 3 aliphatic rings. The van der Waals surface area contributed by atoms with Gasteiger partial charge in [0.15, 0.2) is 5.79 Å². The summed E-state index contributed by atoms with van der Waals surface area (Å²) in [6.07, 6.45) is 1.03. The highest BCUT2D eigenvalue weighted by atomic mass is 32.1. The first-order valence-corrected chi connectivity index (χ1v) is 14.4. The SMILES string of the molecule is C[C@@H](NC(=O)[C@@H]1CC2(CN1C(=O)CNC(=O)c1ccc3c(c1)-c1ccccc1C3)OCCO2)c1cc(C(=N)N)cs1. The molecule has 2 aromatic carbocycles. The van der Waals surface area contributed by atoms with Gasteiger partial charge in [-0.1, -0.05) is 30.3 Å². The number of nitrogens with zero attached hydrogens (tertiary/aromatic N) is 1. The van der Waals surface area contributed by atoms with E-state index in [1.807, 2.05) is 31.2 Å². The largest absolute Gasteiger partial charge is 0.384 e. The average Bonchev–Trinajstić information content (AvgIpc) is 3.77. The summed E-state index contributed by atoms with van der Waals surface area (Å²) < 4.78 is 11.7. The number of likely N-dealkylation sites (tertiary alicyclic amines) is 1. The standard InChI is InChI=1S/C30H31N5O5S/c1-17(25-12-21(15-41-25)27(31)32)34-29(38)24-13-30(39-8-9-40-30)16-35(24)26(36)14-33-28(37)20-7-6-19-10-18-4-2-3-5-22(18)23(19)11-20/h2-7,11-12,15,17,24H,8-10,13-14,16H2,1H3,(H3,31,32)(H,33,37)(H,34,38)/t17-,24+/m1/s1.